The highest BCUT2D eigenvalue weighted by Crippen LogP contribution is 2.36. The number of nitrogens with zero attached hydrogens (tertiary/aromatic N) is 6. The van der Waals surface area contributed by atoms with Gasteiger partial charge in [0, 0.05) is 103 Å². The van der Waals surface area contributed by atoms with E-state index in [-0.39, 0.29) is 30.3 Å². The standard InChI is InChI=1S/C49H47N7O6/c1-29-6-12-44(47(57)52-29)56-48(58)40-11-9-33(22-41(40)49(56)59)55-27-38(28-55)61-35-5-3-4-32(21-35)54-18-15-34(16-19-54)60-36-23-37(24-36)62-46-13-8-31(25-51-46)30-7-10-39-42-26-50-17-14-43(42)53(2)45(39)20-30/h3-5,7-11,13-14,17,20-22,25-26,34,36-38,44H,1,6,12,15-16,18-19,23-24,27-28H2,2H3,(H,52,57). The minimum absolute atomic E-state index is 0.00830. The summed E-state index contributed by atoms with van der Waals surface area (Å²) in [6.07, 6.45) is 10.8. The van der Waals surface area contributed by atoms with Gasteiger partial charge in [0.1, 0.15) is 24.0 Å². The van der Waals surface area contributed by atoms with E-state index < -0.39 is 17.9 Å². The van der Waals surface area contributed by atoms with Crippen LogP contribution in [0.4, 0.5) is 11.4 Å². The highest BCUT2D eigenvalue weighted by atomic mass is 16.5. The van der Waals surface area contributed by atoms with Gasteiger partial charge in [-0.25, -0.2) is 4.98 Å². The Bertz CT molecular complexity index is 2770. The highest BCUT2D eigenvalue weighted by Gasteiger charge is 2.44. The van der Waals surface area contributed by atoms with Crippen LogP contribution in [0.1, 0.15) is 59.2 Å². The summed E-state index contributed by atoms with van der Waals surface area (Å²) in [6, 6.07) is 25.4. The van der Waals surface area contributed by atoms with E-state index in [0.717, 1.165) is 77.3 Å². The van der Waals surface area contributed by atoms with Crippen molar-refractivity contribution in [2.24, 2.45) is 7.05 Å². The molecule has 13 nitrogen and oxygen atoms in total. The summed E-state index contributed by atoms with van der Waals surface area (Å²) in [5.74, 6) is 0.253. The fraction of sp³-hybridized carbons (Fsp3) is 0.327. The summed E-state index contributed by atoms with van der Waals surface area (Å²) in [7, 11) is 2.09. The Morgan fingerprint density at radius 1 is 0.710 bits per heavy atom. The van der Waals surface area contributed by atoms with E-state index in [2.05, 4.69) is 85.7 Å². The van der Waals surface area contributed by atoms with Crippen LogP contribution in [-0.4, -0.2) is 93.8 Å². The Labute approximate surface area is 358 Å². The van der Waals surface area contributed by atoms with Gasteiger partial charge in [0.2, 0.25) is 11.8 Å². The normalized spacial score (nSPS) is 21.9. The number of pyridine rings is 2. The lowest BCUT2D eigenvalue weighted by Gasteiger charge is -2.41. The molecule has 1 aliphatic carbocycles. The molecule has 62 heavy (non-hydrogen) atoms. The molecule has 0 radical (unpaired) electrons. The molecule has 6 aromatic rings. The van der Waals surface area contributed by atoms with Gasteiger partial charge in [0.15, 0.2) is 0 Å². The number of aromatic nitrogens is 3. The van der Waals surface area contributed by atoms with Crippen LogP contribution in [0.2, 0.25) is 0 Å². The second-order valence-corrected chi connectivity index (χ2v) is 17.2. The van der Waals surface area contributed by atoms with Gasteiger partial charge in [-0.1, -0.05) is 24.8 Å². The van der Waals surface area contributed by atoms with E-state index in [1.807, 2.05) is 42.9 Å². The first-order valence-corrected chi connectivity index (χ1v) is 21.6. The molecule has 3 aromatic heterocycles. The van der Waals surface area contributed by atoms with Crippen LogP contribution in [-0.2, 0) is 16.6 Å². The Kier molecular flexibility index (Phi) is 9.44. The molecule has 1 atom stereocenters. The predicted octanol–water partition coefficient (Wildman–Crippen LogP) is 7.04. The summed E-state index contributed by atoms with van der Waals surface area (Å²) in [6.45, 7) is 6.94. The van der Waals surface area contributed by atoms with Crippen LogP contribution in [0.25, 0.3) is 32.9 Å². The summed E-state index contributed by atoms with van der Waals surface area (Å²) >= 11 is 0. The third kappa shape index (κ3) is 6.90. The van der Waals surface area contributed by atoms with Crippen molar-refractivity contribution >= 4 is 50.9 Å². The van der Waals surface area contributed by atoms with Crippen molar-refractivity contribution in [3.63, 3.8) is 0 Å². The maximum atomic E-state index is 13.4. The quantitative estimate of drug-likeness (QED) is 0.144. The van der Waals surface area contributed by atoms with E-state index in [4.69, 9.17) is 14.2 Å². The van der Waals surface area contributed by atoms with Gasteiger partial charge in [-0.05, 0) is 79.8 Å². The number of allylic oxidation sites excluding steroid dienone is 1. The molecule has 314 valence electrons. The topological polar surface area (TPSA) is 131 Å². The molecule has 4 aliphatic heterocycles. The number of fused-ring (bicyclic) bond motifs is 4. The smallest absolute Gasteiger partial charge is 0.262 e. The van der Waals surface area contributed by atoms with E-state index in [1.54, 1.807) is 12.1 Å². The van der Waals surface area contributed by atoms with Crippen LogP contribution in [0, 0.1) is 0 Å². The molecule has 7 heterocycles. The molecule has 5 aliphatic rings. The van der Waals surface area contributed by atoms with Crippen molar-refractivity contribution in [1.82, 2.24) is 24.8 Å². The third-order valence-corrected chi connectivity index (χ3v) is 13.3. The molecule has 1 unspecified atom stereocenters. The number of hydrogen-bond acceptors (Lipinski definition) is 10. The highest BCUT2D eigenvalue weighted by molar-refractivity contribution is 6.23. The van der Waals surface area contributed by atoms with Crippen LogP contribution >= 0.6 is 0 Å². The zero-order valence-electron chi connectivity index (χ0n) is 34.5. The molecule has 3 saturated heterocycles. The molecule has 13 heteroatoms. The lowest BCUT2D eigenvalue weighted by atomic mass is 9.91. The molecule has 11 rings (SSSR count). The van der Waals surface area contributed by atoms with Crippen LogP contribution < -0.4 is 24.6 Å². The molecule has 0 bridgehead atoms. The number of anilines is 2. The van der Waals surface area contributed by atoms with E-state index in [9.17, 15) is 14.4 Å². The number of amides is 3. The molecular formula is C49H47N7O6. The van der Waals surface area contributed by atoms with E-state index >= 15 is 0 Å². The first kappa shape index (κ1) is 38.2. The number of ether oxygens (including phenoxy) is 3. The molecule has 1 N–H and O–H groups in total. The van der Waals surface area contributed by atoms with E-state index in [1.165, 1.54) is 16.4 Å². The number of rotatable bonds is 10. The fourth-order valence-corrected chi connectivity index (χ4v) is 9.68. The zero-order chi connectivity index (χ0) is 42.1. The summed E-state index contributed by atoms with van der Waals surface area (Å²) in [4.78, 5) is 53.7. The molecule has 1 saturated carbocycles. The molecule has 4 fully saturated rings. The van der Waals surface area contributed by atoms with Crippen molar-refractivity contribution < 1.29 is 28.6 Å². The van der Waals surface area contributed by atoms with Gasteiger partial charge >= 0.3 is 0 Å². The van der Waals surface area contributed by atoms with Gasteiger partial charge in [0.05, 0.1) is 41.9 Å². The third-order valence-electron chi connectivity index (χ3n) is 13.3. The lowest BCUT2D eigenvalue weighted by Crippen LogP contribution is -2.54. The Hall–Kier alpha value is -6.73. The Balaban J connectivity index is 0.623. The van der Waals surface area contributed by atoms with Crippen molar-refractivity contribution in [2.75, 3.05) is 36.0 Å². The average molecular weight is 830 g/mol. The number of benzene rings is 3. The fourth-order valence-electron chi connectivity index (χ4n) is 9.68. The monoisotopic (exact) mass is 829 g/mol. The van der Waals surface area contributed by atoms with Gasteiger partial charge in [-0.2, -0.15) is 0 Å². The van der Waals surface area contributed by atoms with E-state index in [0.29, 0.717) is 48.6 Å². The number of hydrogen-bond donors (Lipinski definition) is 1. The maximum Gasteiger partial charge on any atom is 0.262 e. The first-order chi connectivity index (χ1) is 30.2. The summed E-state index contributed by atoms with van der Waals surface area (Å²) in [5.41, 5.74) is 7.76. The SMILES string of the molecule is C=C1CCC(N2C(=O)c3ccc(N4CC(Oc5cccc(N6CCC(OC7CC(Oc8ccc(-c9ccc%10c%11cnccc%11n(C)c%10c9)cn8)C7)CC6)c5)C4)cc3C2=O)C(=O)N1. The van der Waals surface area contributed by atoms with Crippen molar-refractivity contribution in [2.45, 2.75) is 69.0 Å². The van der Waals surface area contributed by atoms with Gasteiger partial charge in [-0.3, -0.25) is 24.3 Å². The van der Waals surface area contributed by atoms with Gasteiger partial charge in [-0.15, -0.1) is 0 Å². The predicted molar refractivity (Wildman–Crippen MR) is 236 cm³/mol. The average Bonchev–Trinajstić information content (AvgIpc) is 3.69. The Morgan fingerprint density at radius 2 is 1.52 bits per heavy atom. The minimum Gasteiger partial charge on any atom is -0.487 e. The van der Waals surface area contributed by atoms with Crippen molar-refractivity contribution in [3.05, 3.63) is 121 Å². The van der Waals surface area contributed by atoms with Crippen LogP contribution in [0.3, 0.4) is 0 Å². The maximum absolute atomic E-state index is 13.4. The molecule has 3 amide bonds. The molecule has 3 aromatic carbocycles. The number of nitrogens with one attached hydrogen (secondary N) is 1. The van der Waals surface area contributed by atoms with Crippen LogP contribution in [0.15, 0.2) is 110 Å². The number of carbonyl (C=O) groups is 3. The second-order valence-electron chi connectivity index (χ2n) is 17.2. The second kappa shape index (κ2) is 15.3. The molecule has 0 spiro atoms. The number of aryl methyl sites for hydroxylation is 1. The van der Waals surface area contributed by atoms with Crippen molar-refractivity contribution in [1.29, 1.82) is 0 Å². The molecular weight excluding hydrogens is 783 g/mol. The van der Waals surface area contributed by atoms with Gasteiger partial charge < -0.3 is 33.9 Å². The van der Waals surface area contributed by atoms with Crippen LogP contribution in [0.5, 0.6) is 11.6 Å². The Morgan fingerprint density at radius 3 is 2.32 bits per heavy atom. The van der Waals surface area contributed by atoms with Gasteiger partial charge in [0.25, 0.3) is 11.8 Å². The minimum atomic E-state index is -0.825. The summed E-state index contributed by atoms with van der Waals surface area (Å²) < 4.78 is 21.4. The number of imide groups is 1. The number of piperidine rings is 2. The summed E-state index contributed by atoms with van der Waals surface area (Å²) in [5, 5.41) is 5.03. The zero-order valence-corrected chi connectivity index (χ0v) is 34.5. The first-order valence-electron chi connectivity index (χ1n) is 21.6. The van der Waals surface area contributed by atoms with Crippen molar-refractivity contribution in [3.8, 4) is 22.8 Å². The number of carbonyl (C=O) groups excluding carboxylic acids is 3. The lowest BCUT2D eigenvalue weighted by molar-refractivity contribution is -0.125. The largest absolute Gasteiger partial charge is 0.487 e.